The number of carbonyl (C=O) groups excluding carboxylic acids is 2. The molecule has 2 amide bonds. The van der Waals surface area contributed by atoms with E-state index < -0.39 is 5.91 Å². The molecule has 1 heterocycles. The molecule has 0 radical (unpaired) electrons. The van der Waals surface area contributed by atoms with E-state index in [1.807, 2.05) is 24.4 Å². The van der Waals surface area contributed by atoms with Crippen LogP contribution < -0.4 is 16.1 Å². The van der Waals surface area contributed by atoms with E-state index in [9.17, 15) is 14.7 Å². The fraction of sp³-hybridized carbons (Fsp3) is 0.167. The molecule has 5 N–H and O–H groups in total. The van der Waals surface area contributed by atoms with Gasteiger partial charge in [0, 0.05) is 23.5 Å². The van der Waals surface area contributed by atoms with Crippen molar-refractivity contribution in [1.29, 1.82) is 0 Å². The number of hydrogen-bond donors (Lipinski definition) is 5. The van der Waals surface area contributed by atoms with Crippen molar-refractivity contribution >= 4 is 28.7 Å². The van der Waals surface area contributed by atoms with Gasteiger partial charge < -0.3 is 15.7 Å². The van der Waals surface area contributed by atoms with E-state index in [2.05, 4.69) is 10.6 Å². The van der Waals surface area contributed by atoms with Gasteiger partial charge in [-0.2, -0.15) is 0 Å². The minimum atomic E-state index is -0.593. The minimum absolute atomic E-state index is 0.167. The van der Waals surface area contributed by atoms with Crippen molar-refractivity contribution in [3.63, 3.8) is 0 Å². The van der Waals surface area contributed by atoms with Crippen LogP contribution in [0.15, 0.2) is 71.7 Å². The zero-order valence-corrected chi connectivity index (χ0v) is 18.4. The first-order valence-corrected chi connectivity index (χ1v) is 11.0. The zero-order chi connectivity index (χ0) is 22.9. The molecule has 166 valence electrons. The lowest BCUT2D eigenvalue weighted by atomic mass is 10.00. The Morgan fingerprint density at radius 3 is 2.19 bits per heavy atom. The molecule has 3 aromatic rings. The van der Waals surface area contributed by atoms with Crippen molar-refractivity contribution in [1.82, 2.24) is 16.1 Å². The number of hydroxylamine groups is 1. The van der Waals surface area contributed by atoms with Crippen LogP contribution >= 0.6 is 11.3 Å². The Labute approximate surface area is 190 Å². The predicted molar refractivity (Wildman–Crippen MR) is 124 cm³/mol. The van der Waals surface area contributed by atoms with Crippen LogP contribution in [-0.2, 0) is 17.9 Å². The summed E-state index contributed by atoms with van der Waals surface area (Å²) in [5.74, 6) is -0.672. The van der Waals surface area contributed by atoms with Crippen LogP contribution in [0.4, 0.5) is 0 Å². The molecule has 0 saturated heterocycles. The Kier molecular flexibility index (Phi) is 8.02. The molecule has 8 heteroatoms. The first kappa shape index (κ1) is 23.1. The van der Waals surface area contributed by atoms with Crippen molar-refractivity contribution in [2.45, 2.75) is 26.4 Å². The zero-order valence-electron chi connectivity index (χ0n) is 17.6. The Balaban J connectivity index is 1.80. The highest BCUT2D eigenvalue weighted by Crippen LogP contribution is 2.24. The van der Waals surface area contributed by atoms with E-state index in [0.717, 1.165) is 21.6 Å². The normalized spacial score (nSPS) is 11.4. The average Bonchev–Trinajstić information content (AvgIpc) is 3.34. The van der Waals surface area contributed by atoms with E-state index in [-0.39, 0.29) is 18.2 Å². The smallest absolute Gasteiger partial charge is 0.274 e. The Bertz CT molecular complexity index is 1080. The molecule has 0 saturated carbocycles. The second kappa shape index (κ2) is 11.1. The second-order valence-electron chi connectivity index (χ2n) is 7.01. The number of hydrogen-bond acceptors (Lipinski definition) is 6. The number of nitrogens with one attached hydrogen (secondary N) is 3. The predicted octanol–water partition coefficient (Wildman–Crippen LogP) is 3.80. The minimum Gasteiger partial charge on any atom is -0.508 e. The molecule has 2 aromatic carbocycles. The van der Waals surface area contributed by atoms with Gasteiger partial charge in [-0.1, -0.05) is 37.3 Å². The molecule has 3 rings (SSSR count). The Hall–Kier alpha value is -3.62. The summed E-state index contributed by atoms with van der Waals surface area (Å²) in [5.41, 5.74) is 4.90. The molecule has 7 nitrogen and oxygen atoms in total. The summed E-state index contributed by atoms with van der Waals surface area (Å²) < 4.78 is 0. The van der Waals surface area contributed by atoms with E-state index in [1.54, 1.807) is 65.3 Å². The molecule has 0 unspecified atom stereocenters. The third kappa shape index (κ3) is 5.96. The largest absolute Gasteiger partial charge is 0.508 e. The number of thiophene rings is 1. The number of phenols is 1. The number of allylic oxidation sites excluding steroid dienone is 1. The number of phenolic OH excluding ortho intramolecular Hbond substituents is 1. The summed E-state index contributed by atoms with van der Waals surface area (Å²) in [5, 5.41) is 26.5. The summed E-state index contributed by atoms with van der Waals surface area (Å²) in [6.45, 7) is 2.77. The first-order chi connectivity index (χ1) is 15.5. The fourth-order valence-corrected chi connectivity index (χ4v) is 3.85. The number of carbonyl (C=O) groups is 2. The van der Waals surface area contributed by atoms with Gasteiger partial charge in [0.1, 0.15) is 11.4 Å². The van der Waals surface area contributed by atoms with Crippen molar-refractivity contribution in [2.24, 2.45) is 0 Å². The summed E-state index contributed by atoms with van der Waals surface area (Å²) in [7, 11) is 0. The van der Waals surface area contributed by atoms with Crippen LogP contribution in [0, 0.1) is 0 Å². The van der Waals surface area contributed by atoms with Crippen LogP contribution in [0.25, 0.3) is 5.57 Å². The van der Waals surface area contributed by atoms with Gasteiger partial charge in [0.05, 0.1) is 0 Å². The molecule has 0 fully saturated rings. The highest BCUT2D eigenvalue weighted by atomic mass is 32.1. The molecule has 0 aliphatic rings. The molecule has 0 bridgehead atoms. The van der Waals surface area contributed by atoms with E-state index >= 15 is 0 Å². The third-order valence-corrected chi connectivity index (χ3v) is 5.76. The standard InChI is InChI=1S/C24H25N3O4S/c1-2-21(17-9-11-19(28)12-10-17)22(25-15-20-4-3-13-32-20)24(30)26-14-16-5-7-18(8-6-16)23(29)27-31/h3-13,25,28,31H,2,14-15H2,1H3,(H,26,30)(H,27,29)/b22-21+. The quantitative estimate of drug-likeness (QED) is 0.193. The SMILES string of the molecule is CC/C(=C(\NCc1cccs1)C(=O)NCc1ccc(C(=O)NO)cc1)c1ccc(O)cc1. The highest BCUT2D eigenvalue weighted by Gasteiger charge is 2.16. The third-order valence-electron chi connectivity index (χ3n) is 4.89. The van der Waals surface area contributed by atoms with Crippen molar-refractivity contribution in [2.75, 3.05) is 0 Å². The molecule has 1 aromatic heterocycles. The summed E-state index contributed by atoms with van der Waals surface area (Å²) in [4.78, 5) is 25.7. The molecule has 0 aliphatic heterocycles. The van der Waals surface area contributed by atoms with Crippen molar-refractivity contribution in [3.05, 3.63) is 93.3 Å². The van der Waals surface area contributed by atoms with Gasteiger partial charge in [-0.25, -0.2) is 5.48 Å². The first-order valence-electron chi connectivity index (χ1n) is 10.1. The van der Waals surface area contributed by atoms with Crippen LogP contribution in [0.5, 0.6) is 5.75 Å². The topological polar surface area (TPSA) is 111 Å². The Morgan fingerprint density at radius 2 is 1.59 bits per heavy atom. The monoisotopic (exact) mass is 451 g/mol. The number of rotatable bonds is 9. The van der Waals surface area contributed by atoms with Crippen molar-refractivity contribution < 1.29 is 19.9 Å². The van der Waals surface area contributed by atoms with Gasteiger partial charge in [-0.15, -0.1) is 11.3 Å². The molecule has 0 spiro atoms. The molecular formula is C24H25N3O4S. The van der Waals surface area contributed by atoms with Gasteiger partial charge in [0.2, 0.25) is 0 Å². The average molecular weight is 452 g/mol. The van der Waals surface area contributed by atoms with Crippen molar-refractivity contribution in [3.8, 4) is 5.75 Å². The van der Waals surface area contributed by atoms with E-state index in [0.29, 0.717) is 24.2 Å². The molecule has 0 atom stereocenters. The number of amides is 2. The van der Waals surface area contributed by atoms with Gasteiger partial charge >= 0.3 is 0 Å². The van der Waals surface area contributed by atoms with Crippen LogP contribution in [0.3, 0.4) is 0 Å². The molecular weight excluding hydrogens is 426 g/mol. The van der Waals surface area contributed by atoms with Crippen LogP contribution in [0.2, 0.25) is 0 Å². The lowest BCUT2D eigenvalue weighted by molar-refractivity contribution is -0.118. The lowest BCUT2D eigenvalue weighted by Gasteiger charge is -2.17. The maximum absolute atomic E-state index is 13.2. The maximum atomic E-state index is 13.2. The Morgan fingerprint density at radius 1 is 0.906 bits per heavy atom. The molecule has 32 heavy (non-hydrogen) atoms. The van der Waals surface area contributed by atoms with Gasteiger partial charge in [0.25, 0.3) is 11.8 Å². The van der Waals surface area contributed by atoms with Gasteiger partial charge in [-0.3, -0.25) is 14.8 Å². The maximum Gasteiger partial charge on any atom is 0.274 e. The van der Waals surface area contributed by atoms with E-state index in [1.165, 1.54) is 0 Å². The fourth-order valence-electron chi connectivity index (χ4n) is 3.21. The van der Waals surface area contributed by atoms with Gasteiger partial charge in [-0.05, 0) is 58.8 Å². The summed E-state index contributed by atoms with van der Waals surface area (Å²) in [6, 6.07) is 17.3. The highest BCUT2D eigenvalue weighted by molar-refractivity contribution is 7.09. The summed E-state index contributed by atoms with van der Waals surface area (Å²) in [6.07, 6.45) is 0.621. The number of benzene rings is 2. The van der Waals surface area contributed by atoms with Crippen LogP contribution in [0.1, 0.15) is 39.7 Å². The lowest BCUT2D eigenvalue weighted by Crippen LogP contribution is -2.32. The molecule has 0 aliphatic carbocycles. The van der Waals surface area contributed by atoms with Gasteiger partial charge in [0.15, 0.2) is 0 Å². The van der Waals surface area contributed by atoms with Crippen LogP contribution in [-0.4, -0.2) is 22.1 Å². The van der Waals surface area contributed by atoms with E-state index in [4.69, 9.17) is 5.21 Å². The number of aromatic hydroxyl groups is 1. The second-order valence-corrected chi connectivity index (χ2v) is 8.04. The summed E-state index contributed by atoms with van der Waals surface area (Å²) >= 11 is 1.61.